The molecule has 1 fully saturated rings. The number of nitrogens with one attached hydrogen (secondary N) is 1. The molecule has 0 unspecified atom stereocenters. The Morgan fingerprint density at radius 1 is 1.12 bits per heavy atom. The largest absolute Gasteiger partial charge is 0.491 e. The van der Waals surface area contributed by atoms with Gasteiger partial charge in [-0.25, -0.2) is 9.18 Å². The van der Waals surface area contributed by atoms with Gasteiger partial charge in [-0.05, 0) is 43.7 Å². The average molecular weight is 354 g/mol. The first-order valence-corrected chi connectivity index (χ1v) is 8.28. The zero-order chi connectivity index (χ0) is 18.7. The number of halogens is 1. The first-order valence-electron chi connectivity index (χ1n) is 8.28. The number of hydrogen-bond donors (Lipinski definition) is 1. The maximum Gasteiger partial charge on any atom is 0.329 e. The molecule has 0 atom stereocenters. The molecule has 0 saturated carbocycles. The zero-order valence-electron chi connectivity index (χ0n) is 14.5. The van der Waals surface area contributed by atoms with Gasteiger partial charge in [0.25, 0.3) is 5.91 Å². The summed E-state index contributed by atoms with van der Waals surface area (Å²) < 4.78 is 19.3. The van der Waals surface area contributed by atoms with Gasteiger partial charge in [0.1, 0.15) is 17.3 Å². The molecule has 1 aliphatic rings. The molecule has 134 valence electrons. The third-order valence-corrected chi connectivity index (χ3v) is 3.81. The van der Waals surface area contributed by atoms with E-state index in [4.69, 9.17) is 4.74 Å². The van der Waals surface area contributed by atoms with Crippen molar-refractivity contribution in [3.8, 4) is 5.75 Å². The standard InChI is InChI=1S/C20H19FN2O3/c1-13(2)26-16-9-7-14(8-10-16)11-18-19(24)23(20(25)22-18)12-15-5-3-4-6-17(15)21/h3-11,13H,12H2,1-2H3,(H,22,25)/b18-11-. The Hall–Kier alpha value is -3.15. The van der Waals surface area contributed by atoms with Crippen LogP contribution in [0.15, 0.2) is 54.2 Å². The molecule has 1 aliphatic heterocycles. The molecule has 5 nitrogen and oxygen atoms in total. The van der Waals surface area contributed by atoms with E-state index in [9.17, 15) is 14.0 Å². The van der Waals surface area contributed by atoms with Crippen molar-refractivity contribution in [3.63, 3.8) is 0 Å². The normalized spacial score (nSPS) is 15.7. The van der Waals surface area contributed by atoms with Crippen molar-refractivity contribution in [1.29, 1.82) is 0 Å². The first-order chi connectivity index (χ1) is 12.4. The van der Waals surface area contributed by atoms with Crippen molar-refractivity contribution >= 4 is 18.0 Å². The van der Waals surface area contributed by atoms with E-state index in [1.807, 2.05) is 13.8 Å². The summed E-state index contributed by atoms with van der Waals surface area (Å²) >= 11 is 0. The summed E-state index contributed by atoms with van der Waals surface area (Å²) in [7, 11) is 0. The number of rotatable bonds is 5. The van der Waals surface area contributed by atoms with Gasteiger partial charge in [0.05, 0.1) is 12.6 Å². The summed E-state index contributed by atoms with van der Waals surface area (Å²) in [5.41, 5.74) is 1.19. The summed E-state index contributed by atoms with van der Waals surface area (Å²) in [6.07, 6.45) is 1.66. The van der Waals surface area contributed by atoms with E-state index in [0.29, 0.717) is 0 Å². The SMILES string of the molecule is CC(C)Oc1ccc(/C=C2\NC(=O)N(Cc3ccccc3F)C2=O)cc1. The Labute approximate surface area is 151 Å². The van der Waals surface area contributed by atoms with Crippen LogP contribution in [0.25, 0.3) is 6.08 Å². The van der Waals surface area contributed by atoms with Crippen LogP contribution in [-0.2, 0) is 11.3 Å². The van der Waals surface area contributed by atoms with Gasteiger partial charge in [-0.1, -0.05) is 30.3 Å². The molecule has 3 rings (SSSR count). The molecule has 2 aromatic rings. The van der Waals surface area contributed by atoms with Crippen LogP contribution in [0.2, 0.25) is 0 Å². The molecule has 2 aromatic carbocycles. The lowest BCUT2D eigenvalue weighted by Crippen LogP contribution is -2.30. The van der Waals surface area contributed by atoms with Crippen molar-refractivity contribution in [2.24, 2.45) is 0 Å². The third kappa shape index (κ3) is 3.91. The molecule has 1 saturated heterocycles. The van der Waals surface area contributed by atoms with Crippen LogP contribution >= 0.6 is 0 Å². The highest BCUT2D eigenvalue weighted by atomic mass is 19.1. The minimum absolute atomic E-state index is 0.0712. The van der Waals surface area contributed by atoms with Gasteiger partial charge in [0.15, 0.2) is 0 Å². The average Bonchev–Trinajstić information content (AvgIpc) is 2.85. The van der Waals surface area contributed by atoms with E-state index in [0.717, 1.165) is 16.2 Å². The van der Waals surface area contributed by atoms with Crippen LogP contribution in [0.3, 0.4) is 0 Å². The second-order valence-electron chi connectivity index (χ2n) is 6.21. The quantitative estimate of drug-likeness (QED) is 0.658. The van der Waals surface area contributed by atoms with Crippen LogP contribution in [0.4, 0.5) is 9.18 Å². The smallest absolute Gasteiger partial charge is 0.329 e. The van der Waals surface area contributed by atoms with Crippen molar-refractivity contribution in [1.82, 2.24) is 10.2 Å². The highest BCUT2D eigenvalue weighted by molar-refractivity contribution is 6.13. The maximum absolute atomic E-state index is 13.8. The van der Waals surface area contributed by atoms with Crippen molar-refractivity contribution in [2.45, 2.75) is 26.5 Å². The number of carbonyl (C=O) groups is 2. The number of hydrogen-bond acceptors (Lipinski definition) is 3. The van der Waals surface area contributed by atoms with Gasteiger partial charge in [-0.15, -0.1) is 0 Å². The molecule has 6 heteroatoms. The van der Waals surface area contributed by atoms with Gasteiger partial charge in [0, 0.05) is 5.56 Å². The van der Waals surface area contributed by atoms with Crippen LogP contribution in [-0.4, -0.2) is 22.9 Å². The van der Waals surface area contributed by atoms with Crippen molar-refractivity contribution < 1.29 is 18.7 Å². The molecule has 1 heterocycles. The van der Waals surface area contributed by atoms with E-state index in [-0.39, 0.29) is 23.9 Å². The molecule has 0 bridgehead atoms. The molecule has 0 aliphatic carbocycles. The Morgan fingerprint density at radius 2 is 1.81 bits per heavy atom. The molecular weight excluding hydrogens is 335 g/mol. The molecular formula is C20H19FN2O3. The number of ether oxygens (including phenoxy) is 1. The number of amides is 3. The molecule has 0 aromatic heterocycles. The summed E-state index contributed by atoms with van der Waals surface area (Å²) in [5.74, 6) is -0.211. The molecule has 3 amide bonds. The van der Waals surface area contributed by atoms with Crippen molar-refractivity contribution in [3.05, 3.63) is 71.2 Å². The van der Waals surface area contributed by atoms with Gasteiger partial charge in [0.2, 0.25) is 0 Å². The molecule has 1 N–H and O–H groups in total. The Morgan fingerprint density at radius 3 is 2.46 bits per heavy atom. The Bertz CT molecular complexity index is 860. The minimum Gasteiger partial charge on any atom is -0.491 e. The van der Waals surface area contributed by atoms with Gasteiger partial charge >= 0.3 is 6.03 Å². The highest BCUT2D eigenvalue weighted by Crippen LogP contribution is 2.20. The van der Waals surface area contributed by atoms with Gasteiger partial charge < -0.3 is 10.1 Å². The fourth-order valence-electron chi connectivity index (χ4n) is 2.59. The summed E-state index contributed by atoms with van der Waals surface area (Å²) in [6.45, 7) is 3.76. The second-order valence-corrected chi connectivity index (χ2v) is 6.21. The third-order valence-electron chi connectivity index (χ3n) is 3.81. The summed E-state index contributed by atoms with van der Waals surface area (Å²) in [5, 5.41) is 2.53. The van der Waals surface area contributed by atoms with Crippen molar-refractivity contribution in [2.75, 3.05) is 0 Å². The predicted molar refractivity (Wildman–Crippen MR) is 95.7 cm³/mol. The lowest BCUT2D eigenvalue weighted by molar-refractivity contribution is -0.123. The first kappa shape index (κ1) is 17.7. The molecule has 0 spiro atoms. The van der Waals surface area contributed by atoms with Crippen LogP contribution in [0, 0.1) is 5.82 Å². The fraction of sp³-hybridized carbons (Fsp3) is 0.200. The zero-order valence-corrected chi connectivity index (χ0v) is 14.5. The predicted octanol–water partition coefficient (Wildman–Crippen LogP) is 3.71. The van der Waals surface area contributed by atoms with Crippen LogP contribution in [0.1, 0.15) is 25.0 Å². The fourth-order valence-corrected chi connectivity index (χ4v) is 2.59. The van der Waals surface area contributed by atoms with Gasteiger partial charge in [-0.2, -0.15) is 0 Å². The summed E-state index contributed by atoms with van der Waals surface area (Å²) in [6, 6.07) is 12.7. The number of imide groups is 1. The van der Waals surface area contributed by atoms with E-state index >= 15 is 0 Å². The van der Waals surface area contributed by atoms with Gasteiger partial charge in [-0.3, -0.25) is 9.69 Å². The van der Waals surface area contributed by atoms with E-state index in [1.165, 1.54) is 6.07 Å². The van der Waals surface area contributed by atoms with Crippen LogP contribution < -0.4 is 10.1 Å². The van der Waals surface area contributed by atoms with E-state index < -0.39 is 17.8 Å². The lowest BCUT2D eigenvalue weighted by Gasteiger charge is -2.12. The number of urea groups is 1. The maximum atomic E-state index is 13.8. The van der Waals surface area contributed by atoms with E-state index in [2.05, 4.69) is 5.32 Å². The summed E-state index contributed by atoms with van der Waals surface area (Å²) in [4.78, 5) is 25.5. The molecule has 26 heavy (non-hydrogen) atoms. The number of nitrogens with zero attached hydrogens (tertiary/aromatic N) is 1. The highest BCUT2D eigenvalue weighted by Gasteiger charge is 2.33. The van der Waals surface area contributed by atoms with E-state index in [1.54, 1.807) is 48.5 Å². The minimum atomic E-state index is -0.565. The lowest BCUT2D eigenvalue weighted by atomic mass is 10.1. The number of carbonyl (C=O) groups excluding carboxylic acids is 2. The topological polar surface area (TPSA) is 58.6 Å². The Kier molecular flexibility index (Phi) is 5.02. The van der Waals surface area contributed by atoms with Crippen LogP contribution in [0.5, 0.6) is 5.75 Å². The number of benzene rings is 2. The Balaban J connectivity index is 1.75. The molecule has 0 radical (unpaired) electrons. The second kappa shape index (κ2) is 7.39. The monoisotopic (exact) mass is 354 g/mol.